The molecule has 2 aromatic rings. The van der Waals surface area contributed by atoms with E-state index in [-0.39, 0.29) is 6.04 Å². The van der Waals surface area contributed by atoms with Crippen LogP contribution in [0.15, 0.2) is 42.5 Å². The minimum absolute atomic E-state index is 0.0621. The molecule has 3 heteroatoms. The third kappa shape index (κ3) is 2.59. The average molecular weight is 273 g/mol. The van der Waals surface area contributed by atoms with Crippen molar-refractivity contribution >= 4 is 0 Å². The number of halogens is 2. The Morgan fingerprint density at radius 2 is 1.85 bits per heavy atom. The zero-order valence-electron chi connectivity index (χ0n) is 11.4. The van der Waals surface area contributed by atoms with E-state index in [1.54, 1.807) is 0 Å². The second-order valence-electron chi connectivity index (χ2n) is 5.43. The van der Waals surface area contributed by atoms with Crippen LogP contribution >= 0.6 is 0 Å². The molecule has 0 heterocycles. The highest BCUT2D eigenvalue weighted by Gasteiger charge is 2.25. The molecule has 0 aromatic heterocycles. The monoisotopic (exact) mass is 273 g/mol. The molecule has 1 N–H and O–H groups in total. The van der Waals surface area contributed by atoms with Crippen molar-refractivity contribution in [1.82, 2.24) is 5.32 Å². The molecule has 0 spiro atoms. The van der Waals surface area contributed by atoms with Gasteiger partial charge in [0.1, 0.15) is 11.6 Å². The van der Waals surface area contributed by atoms with Crippen LogP contribution in [0.5, 0.6) is 0 Å². The zero-order valence-corrected chi connectivity index (χ0v) is 11.4. The molecule has 3 rings (SSSR count). The summed E-state index contributed by atoms with van der Waals surface area (Å²) in [6.45, 7) is 2.76. The fraction of sp³-hybridized carbons (Fsp3) is 0.294. The Hall–Kier alpha value is -1.74. The van der Waals surface area contributed by atoms with Crippen LogP contribution in [0.3, 0.4) is 0 Å². The number of hydrogen-bond donors (Lipinski definition) is 1. The van der Waals surface area contributed by atoms with Crippen LogP contribution in [-0.4, -0.2) is 6.54 Å². The average Bonchev–Trinajstić information content (AvgIpc) is 2.38. The molecule has 2 unspecified atom stereocenters. The number of rotatable bonds is 4. The fourth-order valence-corrected chi connectivity index (χ4v) is 2.81. The van der Waals surface area contributed by atoms with Gasteiger partial charge < -0.3 is 5.32 Å². The van der Waals surface area contributed by atoms with Crippen molar-refractivity contribution in [3.63, 3.8) is 0 Å². The van der Waals surface area contributed by atoms with E-state index in [1.165, 1.54) is 23.3 Å². The number of fused-ring (bicyclic) bond motifs is 1. The van der Waals surface area contributed by atoms with E-state index in [1.807, 2.05) is 6.92 Å². The van der Waals surface area contributed by atoms with Gasteiger partial charge >= 0.3 is 0 Å². The molecule has 104 valence electrons. The smallest absolute Gasteiger partial charge is 0.126 e. The third-order valence-electron chi connectivity index (χ3n) is 4.02. The van der Waals surface area contributed by atoms with Gasteiger partial charge in [0.15, 0.2) is 0 Å². The minimum atomic E-state index is -0.525. The van der Waals surface area contributed by atoms with Gasteiger partial charge in [0.2, 0.25) is 0 Å². The SMILES string of the molecule is CC(NCC1Cc2ccccc21)c1cc(F)cc(F)c1. The molecule has 0 bridgehead atoms. The Morgan fingerprint density at radius 1 is 1.15 bits per heavy atom. The van der Waals surface area contributed by atoms with Gasteiger partial charge in [0.05, 0.1) is 0 Å². The molecule has 1 nitrogen and oxygen atoms in total. The number of benzene rings is 2. The molecule has 0 aliphatic heterocycles. The Kier molecular flexibility index (Phi) is 3.53. The van der Waals surface area contributed by atoms with E-state index in [4.69, 9.17) is 0 Å². The van der Waals surface area contributed by atoms with Gasteiger partial charge in [0, 0.05) is 24.6 Å². The van der Waals surface area contributed by atoms with Crippen LogP contribution < -0.4 is 5.32 Å². The maximum absolute atomic E-state index is 13.2. The van der Waals surface area contributed by atoms with Gasteiger partial charge in [-0.05, 0) is 42.2 Å². The lowest BCUT2D eigenvalue weighted by Gasteiger charge is -2.31. The summed E-state index contributed by atoms with van der Waals surface area (Å²) >= 11 is 0. The molecule has 0 saturated carbocycles. The summed E-state index contributed by atoms with van der Waals surface area (Å²) in [6.07, 6.45) is 1.08. The highest BCUT2D eigenvalue weighted by Crippen LogP contribution is 2.34. The van der Waals surface area contributed by atoms with Crippen LogP contribution in [0.1, 0.15) is 35.6 Å². The lowest BCUT2D eigenvalue weighted by Crippen LogP contribution is -2.30. The standard InChI is InChI=1S/C17H17F2N/c1-11(13-7-15(18)9-16(19)8-13)20-10-14-6-12-4-2-3-5-17(12)14/h2-5,7-9,11,14,20H,6,10H2,1H3. The Balaban J connectivity index is 1.62. The van der Waals surface area contributed by atoms with E-state index in [9.17, 15) is 8.78 Å². The van der Waals surface area contributed by atoms with Crippen LogP contribution in [-0.2, 0) is 6.42 Å². The maximum Gasteiger partial charge on any atom is 0.126 e. The molecule has 2 aromatic carbocycles. The summed E-state index contributed by atoms with van der Waals surface area (Å²) in [4.78, 5) is 0. The second kappa shape index (κ2) is 5.33. The van der Waals surface area contributed by atoms with Crippen molar-refractivity contribution in [2.75, 3.05) is 6.54 Å². The zero-order chi connectivity index (χ0) is 14.1. The first-order valence-electron chi connectivity index (χ1n) is 6.90. The Morgan fingerprint density at radius 3 is 2.55 bits per heavy atom. The summed E-state index contributed by atoms with van der Waals surface area (Å²) in [5.41, 5.74) is 3.44. The van der Waals surface area contributed by atoms with Crippen molar-refractivity contribution in [3.8, 4) is 0 Å². The lowest BCUT2D eigenvalue weighted by atomic mass is 9.77. The van der Waals surface area contributed by atoms with Crippen LogP contribution in [0, 0.1) is 11.6 Å². The van der Waals surface area contributed by atoms with Gasteiger partial charge in [-0.3, -0.25) is 0 Å². The molecule has 1 aliphatic carbocycles. The first kappa shape index (κ1) is 13.3. The number of hydrogen-bond acceptors (Lipinski definition) is 1. The van der Waals surface area contributed by atoms with Gasteiger partial charge in [-0.1, -0.05) is 24.3 Å². The second-order valence-corrected chi connectivity index (χ2v) is 5.43. The molecular weight excluding hydrogens is 256 g/mol. The predicted molar refractivity (Wildman–Crippen MR) is 75.7 cm³/mol. The van der Waals surface area contributed by atoms with E-state index in [0.717, 1.165) is 19.0 Å². The van der Waals surface area contributed by atoms with E-state index in [0.29, 0.717) is 11.5 Å². The summed E-state index contributed by atoms with van der Waals surface area (Å²) < 4.78 is 26.4. The molecule has 0 amide bonds. The summed E-state index contributed by atoms with van der Waals surface area (Å²) in [5, 5.41) is 3.36. The molecule has 20 heavy (non-hydrogen) atoms. The van der Waals surface area contributed by atoms with Crippen LogP contribution in [0.25, 0.3) is 0 Å². The summed E-state index contributed by atoms with van der Waals surface area (Å²) in [5.74, 6) is -0.544. The first-order chi connectivity index (χ1) is 9.63. The molecule has 2 atom stereocenters. The minimum Gasteiger partial charge on any atom is -0.310 e. The molecule has 1 aliphatic rings. The van der Waals surface area contributed by atoms with Crippen molar-refractivity contribution in [2.24, 2.45) is 0 Å². The Labute approximate surface area is 117 Å². The Bertz CT molecular complexity index is 604. The van der Waals surface area contributed by atoms with Gasteiger partial charge in [-0.15, -0.1) is 0 Å². The first-order valence-corrected chi connectivity index (χ1v) is 6.90. The van der Waals surface area contributed by atoms with Crippen molar-refractivity contribution in [1.29, 1.82) is 0 Å². The van der Waals surface area contributed by atoms with Crippen LogP contribution in [0.2, 0.25) is 0 Å². The van der Waals surface area contributed by atoms with Crippen molar-refractivity contribution in [2.45, 2.75) is 25.3 Å². The van der Waals surface area contributed by atoms with E-state index < -0.39 is 11.6 Å². The van der Waals surface area contributed by atoms with Gasteiger partial charge in [-0.2, -0.15) is 0 Å². The highest BCUT2D eigenvalue weighted by molar-refractivity contribution is 5.40. The lowest BCUT2D eigenvalue weighted by molar-refractivity contribution is 0.484. The predicted octanol–water partition coefficient (Wildman–Crippen LogP) is 3.96. The third-order valence-corrected chi connectivity index (χ3v) is 4.02. The van der Waals surface area contributed by atoms with Crippen molar-refractivity contribution in [3.05, 3.63) is 70.8 Å². The summed E-state index contributed by atoms with van der Waals surface area (Å²) in [7, 11) is 0. The molecule has 0 saturated heterocycles. The summed E-state index contributed by atoms with van der Waals surface area (Å²) in [6, 6.07) is 12.0. The number of nitrogens with one attached hydrogen (secondary N) is 1. The molecule has 0 radical (unpaired) electrons. The topological polar surface area (TPSA) is 12.0 Å². The van der Waals surface area contributed by atoms with Gasteiger partial charge in [0.25, 0.3) is 0 Å². The van der Waals surface area contributed by atoms with E-state index in [2.05, 4.69) is 29.6 Å². The molecular formula is C17H17F2N. The normalized spacial score (nSPS) is 18.2. The van der Waals surface area contributed by atoms with Crippen LogP contribution in [0.4, 0.5) is 8.78 Å². The largest absolute Gasteiger partial charge is 0.310 e. The van der Waals surface area contributed by atoms with E-state index >= 15 is 0 Å². The fourth-order valence-electron chi connectivity index (χ4n) is 2.81. The highest BCUT2D eigenvalue weighted by atomic mass is 19.1. The molecule has 0 fully saturated rings. The van der Waals surface area contributed by atoms with Gasteiger partial charge in [-0.25, -0.2) is 8.78 Å². The quantitative estimate of drug-likeness (QED) is 0.889. The van der Waals surface area contributed by atoms with Crippen molar-refractivity contribution < 1.29 is 8.78 Å². The maximum atomic E-state index is 13.2.